The van der Waals surface area contributed by atoms with E-state index in [-0.39, 0.29) is 5.91 Å². The van der Waals surface area contributed by atoms with E-state index in [1.165, 1.54) is 32.4 Å². The Morgan fingerprint density at radius 3 is 3.00 bits per heavy atom. The fourth-order valence-electron chi connectivity index (χ4n) is 2.01. The molecule has 4 heteroatoms. The quantitative estimate of drug-likeness (QED) is 0.647. The van der Waals surface area contributed by atoms with Crippen molar-refractivity contribution in [2.45, 2.75) is 38.1 Å². The lowest BCUT2D eigenvalue weighted by Gasteiger charge is -2.16. The molecule has 4 nitrogen and oxygen atoms in total. The second-order valence-electron chi connectivity index (χ2n) is 4.46. The summed E-state index contributed by atoms with van der Waals surface area (Å²) in [6, 6.07) is 0.628. The third-order valence-electron chi connectivity index (χ3n) is 2.98. The number of likely N-dealkylation sites (tertiary alicyclic amines) is 1. The predicted octanol–water partition coefficient (Wildman–Crippen LogP) is 0.326. The highest BCUT2D eigenvalue weighted by Crippen LogP contribution is 2.09. The Hall–Kier alpha value is -0.610. The van der Waals surface area contributed by atoms with E-state index in [0.29, 0.717) is 12.5 Å². The molecule has 1 atom stereocenters. The van der Waals surface area contributed by atoms with Crippen molar-refractivity contribution in [1.29, 1.82) is 0 Å². The van der Waals surface area contributed by atoms with Crippen molar-refractivity contribution in [2.75, 3.05) is 26.7 Å². The molecule has 1 fully saturated rings. The summed E-state index contributed by atoms with van der Waals surface area (Å²) in [6.45, 7) is 3.30. The first kappa shape index (κ1) is 12.5. The van der Waals surface area contributed by atoms with Crippen LogP contribution in [0, 0.1) is 0 Å². The zero-order valence-corrected chi connectivity index (χ0v) is 9.67. The van der Waals surface area contributed by atoms with E-state index in [9.17, 15) is 4.79 Å². The maximum atomic E-state index is 10.5. The van der Waals surface area contributed by atoms with E-state index in [0.717, 1.165) is 13.0 Å². The van der Waals surface area contributed by atoms with Crippen LogP contribution in [0.15, 0.2) is 0 Å². The summed E-state index contributed by atoms with van der Waals surface area (Å²) < 4.78 is 0. The Labute approximate surface area is 92.2 Å². The summed E-state index contributed by atoms with van der Waals surface area (Å²) in [4.78, 5) is 12.9. The number of carbonyl (C=O) groups is 1. The lowest BCUT2D eigenvalue weighted by molar-refractivity contribution is -0.118. The molecule has 0 spiro atoms. The molecule has 0 radical (unpaired) electrons. The molecule has 1 heterocycles. The van der Waals surface area contributed by atoms with Crippen molar-refractivity contribution in [3.05, 3.63) is 0 Å². The molecule has 1 saturated heterocycles. The van der Waals surface area contributed by atoms with Crippen LogP contribution in [0.25, 0.3) is 0 Å². The number of amides is 1. The zero-order valence-electron chi connectivity index (χ0n) is 9.67. The molecule has 0 bridgehead atoms. The second-order valence-corrected chi connectivity index (χ2v) is 4.46. The van der Waals surface area contributed by atoms with E-state index in [1.807, 2.05) is 0 Å². The van der Waals surface area contributed by atoms with Gasteiger partial charge >= 0.3 is 0 Å². The van der Waals surface area contributed by atoms with Gasteiger partial charge in [-0.3, -0.25) is 4.79 Å². The standard InChI is InChI=1S/C11H23N3O/c1-14-8-3-4-10(6-9-14)13-7-2-5-11(12)15/h10,13H,2-9H2,1H3,(H2,12,15). The number of nitrogens with two attached hydrogens (primary N) is 1. The number of hydrogen-bond donors (Lipinski definition) is 2. The van der Waals surface area contributed by atoms with E-state index < -0.39 is 0 Å². The topological polar surface area (TPSA) is 58.4 Å². The largest absolute Gasteiger partial charge is 0.370 e. The van der Waals surface area contributed by atoms with Crippen LogP contribution in [0.5, 0.6) is 0 Å². The third kappa shape index (κ3) is 5.74. The maximum Gasteiger partial charge on any atom is 0.217 e. The lowest BCUT2D eigenvalue weighted by atomic mass is 10.1. The highest BCUT2D eigenvalue weighted by molar-refractivity contribution is 5.73. The molecule has 0 aromatic carbocycles. The smallest absolute Gasteiger partial charge is 0.217 e. The molecule has 1 amide bonds. The molecule has 1 rings (SSSR count). The average Bonchev–Trinajstić information content (AvgIpc) is 2.38. The van der Waals surface area contributed by atoms with Crippen LogP contribution in [0.1, 0.15) is 32.1 Å². The average molecular weight is 213 g/mol. The van der Waals surface area contributed by atoms with Gasteiger partial charge in [0.1, 0.15) is 0 Å². The van der Waals surface area contributed by atoms with Gasteiger partial charge in [0.2, 0.25) is 5.91 Å². The molecule has 0 saturated carbocycles. The van der Waals surface area contributed by atoms with Gasteiger partial charge in [-0.05, 0) is 52.4 Å². The van der Waals surface area contributed by atoms with Gasteiger partial charge in [-0.2, -0.15) is 0 Å². The first-order valence-corrected chi connectivity index (χ1v) is 5.88. The second kappa shape index (κ2) is 6.80. The van der Waals surface area contributed by atoms with Crippen LogP contribution in [-0.2, 0) is 4.79 Å². The molecule has 1 aliphatic heterocycles. The van der Waals surface area contributed by atoms with Crippen LogP contribution < -0.4 is 11.1 Å². The van der Waals surface area contributed by atoms with Gasteiger partial charge < -0.3 is 16.0 Å². The summed E-state index contributed by atoms with van der Waals surface area (Å²) in [5.41, 5.74) is 5.08. The van der Waals surface area contributed by atoms with E-state index in [4.69, 9.17) is 5.73 Å². The zero-order chi connectivity index (χ0) is 11.1. The highest BCUT2D eigenvalue weighted by Gasteiger charge is 2.13. The monoisotopic (exact) mass is 213 g/mol. The van der Waals surface area contributed by atoms with Crippen molar-refractivity contribution in [1.82, 2.24) is 10.2 Å². The minimum absolute atomic E-state index is 0.197. The Balaban J connectivity index is 2.07. The minimum atomic E-state index is -0.197. The van der Waals surface area contributed by atoms with Gasteiger partial charge in [-0.1, -0.05) is 0 Å². The molecule has 3 N–H and O–H groups in total. The number of nitrogens with zero attached hydrogens (tertiary/aromatic N) is 1. The molecular weight excluding hydrogens is 190 g/mol. The van der Waals surface area contributed by atoms with Crippen molar-refractivity contribution >= 4 is 5.91 Å². The van der Waals surface area contributed by atoms with Gasteiger partial charge in [0.15, 0.2) is 0 Å². The molecular formula is C11H23N3O. The van der Waals surface area contributed by atoms with E-state index >= 15 is 0 Å². The Kier molecular flexibility index (Phi) is 5.65. The number of carbonyl (C=O) groups excluding carboxylic acids is 1. The Morgan fingerprint density at radius 1 is 1.47 bits per heavy atom. The highest BCUT2D eigenvalue weighted by atomic mass is 16.1. The molecule has 15 heavy (non-hydrogen) atoms. The first-order valence-electron chi connectivity index (χ1n) is 5.88. The van der Waals surface area contributed by atoms with Gasteiger partial charge in [0.25, 0.3) is 0 Å². The Bertz CT molecular complexity index is 196. The number of hydrogen-bond acceptors (Lipinski definition) is 3. The SMILES string of the molecule is CN1CCCC(NCCCC(N)=O)CC1. The molecule has 0 aromatic rings. The maximum absolute atomic E-state index is 10.5. The van der Waals surface area contributed by atoms with Gasteiger partial charge in [0, 0.05) is 12.5 Å². The summed E-state index contributed by atoms with van der Waals surface area (Å²) in [7, 11) is 2.18. The predicted molar refractivity (Wildman–Crippen MR) is 61.6 cm³/mol. The van der Waals surface area contributed by atoms with E-state index in [2.05, 4.69) is 17.3 Å². The lowest BCUT2D eigenvalue weighted by Crippen LogP contribution is -2.31. The fourth-order valence-corrected chi connectivity index (χ4v) is 2.01. The normalized spacial score (nSPS) is 23.7. The minimum Gasteiger partial charge on any atom is -0.370 e. The van der Waals surface area contributed by atoms with Gasteiger partial charge in [0.05, 0.1) is 0 Å². The van der Waals surface area contributed by atoms with Crippen LogP contribution in [0.3, 0.4) is 0 Å². The summed E-state index contributed by atoms with van der Waals surface area (Å²) in [6.07, 6.45) is 5.10. The molecule has 0 aliphatic carbocycles. The number of nitrogens with one attached hydrogen (secondary N) is 1. The third-order valence-corrected chi connectivity index (χ3v) is 2.98. The molecule has 1 aliphatic rings. The van der Waals surface area contributed by atoms with Crippen LogP contribution in [-0.4, -0.2) is 43.5 Å². The number of rotatable bonds is 5. The summed E-state index contributed by atoms with van der Waals surface area (Å²) in [5, 5.41) is 3.50. The van der Waals surface area contributed by atoms with Crippen LogP contribution in [0.4, 0.5) is 0 Å². The first-order chi connectivity index (χ1) is 7.18. The van der Waals surface area contributed by atoms with Crippen molar-refractivity contribution in [3.63, 3.8) is 0 Å². The van der Waals surface area contributed by atoms with Crippen molar-refractivity contribution in [2.24, 2.45) is 5.73 Å². The number of primary amides is 1. The summed E-state index contributed by atoms with van der Waals surface area (Å²) in [5.74, 6) is -0.197. The van der Waals surface area contributed by atoms with E-state index in [1.54, 1.807) is 0 Å². The van der Waals surface area contributed by atoms with Crippen LogP contribution >= 0.6 is 0 Å². The molecule has 88 valence electrons. The van der Waals surface area contributed by atoms with Crippen LogP contribution in [0.2, 0.25) is 0 Å². The van der Waals surface area contributed by atoms with Crippen molar-refractivity contribution in [3.8, 4) is 0 Å². The van der Waals surface area contributed by atoms with Gasteiger partial charge in [-0.15, -0.1) is 0 Å². The molecule has 1 unspecified atom stereocenters. The summed E-state index contributed by atoms with van der Waals surface area (Å²) >= 11 is 0. The molecule has 0 aromatic heterocycles. The van der Waals surface area contributed by atoms with Gasteiger partial charge in [-0.25, -0.2) is 0 Å². The Morgan fingerprint density at radius 2 is 2.27 bits per heavy atom. The fraction of sp³-hybridized carbons (Fsp3) is 0.909. The van der Waals surface area contributed by atoms with Crippen molar-refractivity contribution < 1.29 is 4.79 Å².